The van der Waals surface area contributed by atoms with Gasteiger partial charge in [-0.05, 0) is 42.3 Å². The van der Waals surface area contributed by atoms with E-state index in [1.165, 1.54) is 0 Å². The summed E-state index contributed by atoms with van der Waals surface area (Å²) < 4.78 is 11.4. The highest BCUT2D eigenvalue weighted by atomic mass is 35.5. The van der Waals surface area contributed by atoms with Gasteiger partial charge in [0.05, 0.1) is 36.1 Å². The molecule has 1 amide bonds. The number of pyridine rings is 1. The number of morpholine rings is 1. The lowest BCUT2D eigenvalue weighted by atomic mass is 10.0. The average molecular weight is 522 g/mol. The maximum absolute atomic E-state index is 12.5. The van der Waals surface area contributed by atoms with Crippen molar-refractivity contribution in [1.82, 2.24) is 20.3 Å². The van der Waals surface area contributed by atoms with Crippen LogP contribution in [0.3, 0.4) is 0 Å². The number of amides is 1. The molecule has 0 radical (unpaired) electrons. The third kappa shape index (κ3) is 5.53. The van der Waals surface area contributed by atoms with Crippen LogP contribution in [0, 0.1) is 0 Å². The van der Waals surface area contributed by atoms with E-state index in [9.17, 15) is 4.79 Å². The van der Waals surface area contributed by atoms with Gasteiger partial charge in [-0.25, -0.2) is 4.98 Å². The van der Waals surface area contributed by atoms with Crippen molar-refractivity contribution in [1.29, 1.82) is 0 Å². The van der Waals surface area contributed by atoms with E-state index in [-0.39, 0.29) is 25.1 Å². The Morgan fingerprint density at radius 3 is 2.68 bits per heavy atom. The van der Waals surface area contributed by atoms with Gasteiger partial charge in [-0.1, -0.05) is 36.7 Å². The number of nitrogens with one attached hydrogen (secondary N) is 2. The molecular weight excluding hydrogens is 494 g/mol. The molecule has 3 heterocycles. The van der Waals surface area contributed by atoms with Crippen molar-refractivity contribution in [3.05, 3.63) is 64.7 Å². The fourth-order valence-corrected chi connectivity index (χ4v) is 4.57. The number of H-pyrrole nitrogens is 1. The molecule has 5 rings (SSSR count). The largest absolute Gasteiger partial charge is 0.426 e. The maximum atomic E-state index is 12.5. The third-order valence-electron chi connectivity index (χ3n) is 6.24. The molecule has 2 aromatic carbocycles. The molecule has 2 aromatic heterocycles. The van der Waals surface area contributed by atoms with Gasteiger partial charge in [-0.3, -0.25) is 4.79 Å². The predicted octanol–water partition coefficient (Wildman–Crippen LogP) is 4.19. The molecular formula is C27H28ClN5O4. The van der Waals surface area contributed by atoms with E-state index in [1.54, 1.807) is 18.2 Å². The first-order chi connectivity index (χ1) is 18.1. The molecule has 0 bridgehead atoms. The van der Waals surface area contributed by atoms with Crippen molar-refractivity contribution in [3.63, 3.8) is 0 Å². The number of rotatable bonds is 8. The smallest absolute Gasteiger partial charge is 0.301 e. The van der Waals surface area contributed by atoms with Crippen LogP contribution >= 0.6 is 11.6 Å². The van der Waals surface area contributed by atoms with Gasteiger partial charge in [0.2, 0.25) is 0 Å². The molecule has 0 saturated carbocycles. The van der Waals surface area contributed by atoms with Crippen LogP contribution in [-0.4, -0.2) is 65.4 Å². The number of nitrogens with zero attached hydrogens (tertiary/aromatic N) is 3. The number of aromatic nitrogens is 3. The van der Waals surface area contributed by atoms with Crippen molar-refractivity contribution in [2.45, 2.75) is 13.3 Å². The fraction of sp³-hybridized carbons (Fsp3) is 0.296. The molecule has 0 atom stereocenters. The van der Waals surface area contributed by atoms with E-state index in [0.717, 1.165) is 43.1 Å². The van der Waals surface area contributed by atoms with Gasteiger partial charge in [0, 0.05) is 36.4 Å². The van der Waals surface area contributed by atoms with Crippen molar-refractivity contribution in [2.24, 2.45) is 0 Å². The molecule has 0 unspecified atom stereocenters. The molecule has 37 heavy (non-hydrogen) atoms. The molecule has 192 valence electrons. The number of carbonyl (C=O) groups is 1. The van der Waals surface area contributed by atoms with Crippen LogP contribution in [0.2, 0.25) is 5.02 Å². The van der Waals surface area contributed by atoms with Crippen molar-refractivity contribution in [2.75, 3.05) is 44.4 Å². The van der Waals surface area contributed by atoms with Gasteiger partial charge in [0.15, 0.2) is 5.65 Å². The first-order valence-corrected chi connectivity index (χ1v) is 12.6. The van der Waals surface area contributed by atoms with Gasteiger partial charge in [0.25, 0.3) is 5.91 Å². The molecule has 10 heteroatoms. The Labute approximate surface area is 219 Å². The fourth-order valence-electron chi connectivity index (χ4n) is 4.31. The number of ether oxygens (including phenoxy) is 2. The Morgan fingerprint density at radius 2 is 1.95 bits per heavy atom. The summed E-state index contributed by atoms with van der Waals surface area (Å²) in [4.78, 5) is 27.1. The number of hydrogen-bond acceptors (Lipinski definition) is 7. The minimum Gasteiger partial charge on any atom is -0.426 e. The SMILES string of the molecule is CCc1ccc(Oc2nc3nc(-c4ccc(N5CCOCC5)cc4)c(Cl)cc3[nH]2)cc1C(=O)NCCO. The number of anilines is 1. The van der Waals surface area contributed by atoms with E-state index in [1.807, 2.05) is 25.1 Å². The van der Waals surface area contributed by atoms with Crippen LogP contribution in [0.25, 0.3) is 22.4 Å². The number of hydrogen-bond donors (Lipinski definition) is 3. The second kappa shape index (κ2) is 11.2. The summed E-state index contributed by atoms with van der Waals surface area (Å²) in [5.74, 6) is 0.189. The minimum absolute atomic E-state index is 0.127. The number of imidazole rings is 1. The van der Waals surface area contributed by atoms with E-state index in [0.29, 0.717) is 39.6 Å². The van der Waals surface area contributed by atoms with E-state index < -0.39 is 0 Å². The zero-order valence-electron chi connectivity index (χ0n) is 20.5. The number of benzene rings is 2. The van der Waals surface area contributed by atoms with Crippen LogP contribution in [0.15, 0.2) is 48.5 Å². The molecule has 1 aliphatic rings. The minimum atomic E-state index is -0.265. The van der Waals surface area contributed by atoms with Crippen molar-refractivity contribution in [3.8, 4) is 23.0 Å². The van der Waals surface area contributed by atoms with Crippen LogP contribution in [-0.2, 0) is 11.2 Å². The zero-order chi connectivity index (χ0) is 25.8. The van der Waals surface area contributed by atoms with Crippen molar-refractivity contribution < 1.29 is 19.4 Å². The Hall–Kier alpha value is -3.66. The number of carbonyl (C=O) groups excluding carboxylic acids is 1. The number of aryl methyl sites for hydroxylation is 1. The van der Waals surface area contributed by atoms with Crippen LogP contribution in [0.4, 0.5) is 5.69 Å². The summed E-state index contributed by atoms with van der Waals surface area (Å²) in [6, 6.07) is 15.5. The summed E-state index contributed by atoms with van der Waals surface area (Å²) >= 11 is 6.59. The first kappa shape index (κ1) is 25.0. The van der Waals surface area contributed by atoms with Crippen LogP contribution in [0.1, 0.15) is 22.8 Å². The Kier molecular flexibility index (Phi) is 7.55. The summed E-state index contributed by atoms with van der Waals surface area (Å²) in [5, 5.41) is 12.2. The summed E-state index contributed by atoms with van der Waals surface area (Å²) in [5.41, 5.74) is 5.15. The highest BCUT2D eigenvalue weighted by Gasteiger charge is 2.16. The quantitative estimate of drug-likeness (QED) is 0.318. The zero-order valence-corrected chi connectivity index (χ0v) is 21.2. The molecule has 0 aliphatic carbocycles. The number of halogens is 1. The Bertz CT molecular complexity index is 1400. The first-order valence-electron chi connectivity index (χ1n) is 12.2. The third-order valence-corrected chi connectivity index (χ3v) is 6.53. The highest BCUT2D eigenvalue weighted by Crippen LogP contribution is 2.32. The lowest BCUT2D eigenvalue weighted by molar-refractivity contribution is 0.0943. The van der Waals surface area contributed by atoms with Gasteiger partial charge < -0.3 is 29.8 Å². The maximum Gasteiger partial charge on any atom is 0.301 e. The van der Waals surface area contributed by atoms with Gasteiger partial charge in [0.1, 0.15) is 5.75 Å². The average Bonchev–Trinajstić information content (AvgIpc) is 3.32. The number of fused-ring (bicyclic) bond motifs is 1. The molecule has 9 nitrogen and oxygen atoms in total. The van der Waals surface area contributed by atoms with Gasteiger partial charge >= 0.3 is 6.01 Å². The molecule has 1 fully saturated rings. The molecule has 4 aromatic rings. The second-order valence-electron chi connectivity index (χ2n) is 8.63. The van der Waals surface area contributed by atoms with Crippen LogP contribution < -0.4 is 15.0 Å². The van der Waals surface area contributed by atoms with E-state index in [4.69, 9.17) is 26.2 Å². The monoisotopic (exact) mass is 521 g/mol. The number of aliphatic hydroxyl groups is 1. The predicted molar refractivity (Wildman–Crippen MR) is 143 cm³/mol. The Morgan fingerprint density at radius 1 is 1.16 bits per heavy atom. The van der Waals surface area contributed by atoms with E-state index in [2.05, 4.69) is 37.3 Å². The molecule has 1 aliphatic heterocycles. The molecule has 3 N–H and O–H groups in total. The standard InChI is InChI=1S/C27H28ClN5O4/c1-2-17-5-8-20(15-21(17)26(35)29-9-12-34)37-27-30-23-16-22(28)24(31-25(23)32-27)18-3-6-19(7-4-18)33-10-13-36-14-11-33/h3-8,15-16,34H,2,9-14H2,1H3,(H,29,35)(H,30,31,32). The summed E-state index contributed by atoms with van der Waals surface area (Å²) in [6.45, 7) is 5.24. The lowest BCUT2D eigenvalue weighted by Gasteiger charge is -2.28. The van der Waals surface area contributed by atoms with Crippen molar-refractivity contribution >= 4 is 34.4 Å². The Balaban J connectivity index is 1.38. The molecule has 0 spiro atoms. The van der Waals surface area contributed by atoms with Gasteiger partial charge in [-0.2, -0.15) is 4.98 Å². The number of aromatic amines is 1. The number of aliphatic hydroxyl groups excluding tert-OH is 1. The summed E-state index contributed by atoms with van der Waals surface area (Å²) in [6.07, 6.45) is 0.686. The second-order valence-corrected chi connectivity index (χ2v) is 9.04. The van der Waals surface area contributed by atoms with Gasteiger partial charge in [-0.15, -0.1) is 0 Å². The lowest BCUT2D eigenvalue weighted by Crippen LogP contribution is -2.36. The summed E-state index contributed by atoms with van der Waals surface area (Å²) in [7, 11) is 0. The van der Waals surface area contributed by atoms with Crippen LogP contribution in [0.5, 0.6) is 11.8 Å². The normalized spacial score (nSPS) is 13.6. The highest BCUT2D eigenvalue weighted by molar-refractivity contribution is 6.33. The topological polar surface area (TPSA) is 113 Å². The molecule has 1 saturated heterocycles. The van der Waals surface area contributed by atoms with E-state index >= 15 is 0 Å².